The van der Waals surface area contributed by atoms with Crippen LogP contribution in [0, 0.1) is 0 Å². The van der Waals surface area contributed by atoms with Gasteiger partial charge in [0.2, 0.25) is 0 Å². The van der Waals surface area contributed by atoms with E-state index in [1.807, 2.05) is 18.2 Å². The molecule has 3 N–H and O–H groups in total. The van der Waals surface area contributed by atoms with E-state index in [1.165, 1.54) is 76.5 Å². The van der Waals surface area contributed by atoms with Gasteiger partial charge >= 0.3 is 142 Å². The van der Waals surface area contributed by atoms with Crippen molar-refractivity contribution >= 4 is 50.0 Å². The zero-order valence-electron chi connectivity index (χ0n) is 17.7. The average Bonchev–Trinajstić information content (AvgIpc) is 2.68. The van der Waals surface area contributed by atoms with Gasteiger partial charge in [-0.1, -0.05) is 0 Å². The van der Waals surface area contributed by atoms with Gasteiger partial charge in [0.15, 0.2) is 5.25 Å². The minimum absolute atomic E-state index is 0.449. The minimum atomic E-state index is -4.84. The third-order valence-electron chi connectivity index (χ3n) is 4.38. The van der Waals surface area contributed by atoms with Crippen LogP contribution in [-0.2, 0) is 19.7 Å². The Morgan fingerprint density at radius 2 is 1.60 bits per heavy atom. The summed E-state index contributed by atoms with van der Waals surface area (Å²) < 4.78 is 35.9. The standard InChI is InChI=1S/C16H25O.C4H6O7S.Na/c1-3-4-5-6-7-9-12-15(2)17-16-13-10-8-11-14-16;5-3(6)1-2(4(7)8)12(9,10)11;/h8,10-11,13-15H,2-7,9,12H2,1H3;2H,1H2,(H,5,6)(H,7,8)(H,9,10,11);. The van der Waals surface area contributed by atoms with Crippen molar-refractivity contribution < 1.29 is 37.5 Å². The van der Waals surface area contributed by atoms with Crippen LogP contribution in [0.1, 0.15) is 58.3 Å². The largest absolute Gasteiger partial charge is 0.481 e. The van der Waals surface area contributed by atoms with E-state index in [4.69, 9.17) is 19.5 Å². The van der Waals surface area contributed by atoms with Crippen LogP contribution in [0.5, 0.6) is 5.75 Å². The van der Waals surface area contributed by atoms with Crippen molar-refractivity contribution in [2.24, 2.45) is 0 Å². The van der Waals surface area contributed by atoms with Crippen molar-refractivity contribution in [3.8, 4) is 5.75 Å². The molecule has 2 atom stereocenters. The third kappa shape index (κ3) is 14.8. The zero-order valence-corrected chi connectivity index (χ0v) is 20.5. The van der Waals surface area contributed by atoms with E-state index < -0.39 is 33.7 Å². The van der Waals surface area contributed by atoms with Crippen molar-refractivity contribution in [1.29, 1.82) is 0 Å². The predicted octanol–water partition coefficient (Wildman–Crippen LogP) is 3.57. The molecule has 0 saturated heterocycles. The van der Waals surface area contributed by atoms with Gasteiger partial charge in [-0.3, -0.25) is 14.1 Å². The Morgan fingerprint density at radius 1 is 1.03 bits per heavy atom. The van der Waals surface area contributed by atoms with Crippen molar-refractivity contribution in [3.05, 3.63) is 30.3 Å². The molecule has 8 nitrogen and oxygen atoms in total. The Labute approximate surface area is 196 Å². The second-order valence-corrected chi connectivity index (χ2v) is 9.37. The first kappa shape index (κ1) is 28.9. The fourth-order valence-corrected chi connectivity index (χ4v) is 3.85. The second-order valence-electron chi connectivity index (χ2n) is 6.96. The van der Waals surface area contributed by atoms with Gasteiger partial charge < -0.3 is 10.2 Å². The maximum Gasteiger partial charge on any atom is 0.325 e. The molecule has 0 saturated carbocycles. The van der Waals surface area contributed by atoms with Gasteiger partial charge in [-0.15, -0.1) is 0 Å². The van der Waals surface area contributed by atoms with Crippen LogP contribution in [0.15, 0.2) is 30.3 Å². The van der Waals surface area contributed by atoms with E-state index in [9.17, 15) is 18.0 Å². The van der Waals surface area contributed by atoms with E-state index in [2.05, 4.69) is 19.1 Å². The molecule has 0 bridgehead atoms. The molecule has 1 aromatic rings. The summed E-state index contributed by atoms with van der Waals surface area (Å²) in [4.78, 5) is 20.0. The Bertz CT molecular complexity index is 709. The molecule has 0 aliphatic heterocycles. The van der Waals surface area contributed by atoms with Gasteiger partial charge in [0.1, 0.15) is 0 Å². The van der Waals surface area contributed by atoms with Crippen LogP contribution < -0.4 is 4.74 Å². The molecule has 10 heteroatoms. The smallest absolute Gasteiger partial charge is 0.325 e. The molecular weight excluding hydrogens is 423 g/mol. The van der Waals surface area contributed by atoms with E-state index in [1.54, 1.807) is 0 Å². The molecule has 0 fully saturated rings. The van der Waals surface area contributed by atoms with Gasteiger partial charge in [0, 0.05) is 0 Å². The summed E-state index contributed by atoms with van der Waals surface area (Å²) in [6.07, 6.45) is 8.74. The first-order chi connectivity index (χ1) is 14.1. The van der Waals surface area contributed by atoms with Crippen molar-refractivity contribution in [2.45, 2.75) is 73.3 Å². The maximum atomic E-state index is 10.2. The fraction of sp³-hybridized carbons (Fsp3) is 0.600. The van der Waals surface area contributed by atoms with Crippen LogP contribution >= 0.6 is 0 Å². The number of carboxylic acid groups (broad SMARTS) is 2. The van der Waals surface area contributed by atoms with E-state index in [0.717, 1.165) is 5.75 Å². The quantitative estimate of drug-likeness (QED) is 0.220. The van der Waals surface area contributed by atoms with Crippen LogP contribution in [0.4, 0.5) is 0 Å². The topological polar surface area (TPSA) is 138 Å². The number of para-hydroxylation sites is 1. The molecule has 1 aromatic carbocycles. The van der Waals surface area contributed by atoms with Crippen LogP contribution in [-0.4, -0.2) is 74.4 Å². The van der Waals surface area contributed by atoms with Gasteiger partial charge in [-0.2, -0.15) is 8.42 Å². The number of carbonyl (C=O) groups is 2. The molecule has 1 rings (SSSR count). The predicted molar refractivity (Wildman–Crippen MR) is 115 cm³/mol. The molecule has 0 aliphatic carbocycles. The van der Waals surface area contributed by atoms with Crippen LogP contribution in [0.2, 0.25) is 3.67 Å². The summed E-state index contributed by atoms with van der Waals surface area (Å²) in [6, 6.07) is 10.3. The van der Waals surface area contributed by atoms with Gasteiger partial charge in [-0.05, 0) is 0 Å². The molecule has 0 amide bonds. The summed E-state index contributed by atoms with van der Waals surface area (Å²) in [5.74, 6) is -2.47. The van der Waals surface area contributed by atoms with Crippen molar-refractivity contribution in [1.82, 2.24) is 0 Å². The van der Waals surface area contributed by atoms with Crippen molar-refractivity contribution in [2.75, 3.05) is 0 Å². The molecule has 0 radical (unpaired) electrons. The molecular formula is C20H31NaO8S. The van der Waals surface area contributed by atoms with Crippen LogP contribution in [0.3, 0.4) is 0 Å². The number of benzene rings is 1. The fourth-order valence-electron chi connectivity index (χ4n) is 2.67. The third-order valence-corrected chi connectivity index (χ3v) is 6.37. The van der Waals surface area contributed by atoms with E-state index in [0.29, 0.717) is 6.10 Å². The minimum Gasteiger partial charge on any atom is -0.481 e. The number of carboxylic acids is 2. The molecule has 2 unspecified atom stereocenters. The molecule has 0 spiro atoms. The van der Waals surface area contributed by atoms with Gasteiger partial charge in [0.25, 0.3) is 10.1 Å². The Kier molecular flexibility index (Phi) is 15.9. The monoisotopic (exact) mass is 454 g/mol. The van der Waals surface area contributed by atoms with Gasteiger partial charge in [-0.25, -0.2) is 0 Å². The molecule has 0 aliphatic rings. The van der Waals surface area contributed by atoms with E-state index in [-0.39, 0.29) is 0 Å². The molecule has 166 valence electrons. The Hall–Kier alpha value is -1.13. The number of unbranched alkanes of at least 4 members (excludes halogenated alkanes) is 5. The zero-order chi connectivity index (χ0) is 23.0. The number of hydrogen-bond donors (Lipinski definition) is 3. The van der Waals surface area contributed by atoms with Crippen molar-refractivity contribution in [3.63, 3.8) is 0 Å². The van der Waals surface area contributed by atoms with Gasteiger partial charge in [0.05, 0.1) is 6.42 Å². The summed E-state index contributed by atoms with van der Waals surface area (Å²) in [6.45, 7) is 2.27. The second kappa shape index (κ2) is 16.5. The number of rotatable bonds is 14. The van der Waals surface area contributed by atoms with Crippen LogP contribution in [0.25, 0.3) is 0 Å². The van der Waals surface area contributed by atoms with E-state index >= 15 is 0 Å². The average molecular weight is 455 g/mol. The summed E-state index contributed by atoms with van der Waals surface area (Å²) in [7, 11) is -4.84. The first-order valence-corrected chi connectivity index (χ1v) is 13.2. The first-order valence-electron chi connectivity index (χ1n) is 10.2. The Morgan fingerprint density at radius 3 is 2.03 bits per heavy atom. The Balaban J connectivity index is 0.000000612. The number of aliphatic carboxylic acids is 2. The number of hydrogen-bond acceptors (Lipinski definition) is 5. The maximum absolute atomic E-state index is 10.2. The molecule has 30 heavy (non-hydrogen) atoms. The summed E-state index contributed by atoms with van der Waals surface area (Å²) in [5, 5.41) is 13.9. The number of ether oxygens (including phenoxy) is 1. The molecule has 0 heterocycles. The molecule has 0 aromatic heterocycles. The summed E-state index contributed by atoms with van der Waals surface area (Å²) in [5.41, 5.74) is 0. The normalized spacial score (nSPS) is 12.9. The summed E-state index contributed by atoms with van der Waals surface area (Å²) >= 11 is 1.23. The SMILES string of the molecule is CCCCCCCCC([CH2][Na])Oc1ccccc1.O=C(O)CC(C(=O)O)S(=O)(=O)O.